The number of hydrogen-bond donors (Lipinski definition) is 0. The second-order valence-corrected chi connectivity index (χ2v) is 5.31. The van der Waals surface area contributed by atoms with Crippen LogP contribution in [0, 0.1) is 0 Å². The Morgan fingerprint density at radius 1 is 1.05 bits per heavy atom. The lowest BCUT2D eigenvalue weighted by Gasteiger charge is -2.27. The number of anilines is 1. The molecule has 2 heterocycles. The molecule has 2 aliphatic heterocycles. The van der Waals surface area contributed by atoms with Crippen molar-refractivity contribution < 1.29 is 9.59 Å². The Bertz CT molecular complexity index is 861. The molecule has 0 saturated carbocycles. The Morgan fingerprint density at radius 2 is 1.82 bits per heavy atom. The molecule has 2 aliphatic rings. The average molecular weight is 291 g/mol. The summed E-state index contributed by atoms with van der Waals surface area (Å²) in [6, 6.07) is 9.30. The van der Waals surface area contributed by atoms with Crippen LogP contribution < -0.4 is 4.90 Å². The molecular weight excluding hydrogens is 278 g/mol. The van der Waals surface area contributed by atoms with Gasteiger partial charge in [-0.3, -0.25) is 19.5 Å². The van der Waals surface area contributed by atoms with E-state index >= 15 is 0 Å². The molecule has 4 rings (SSSR count). The SMILES string of the molecule is CN1C(=O)c2cccc3c(N4C=CN=CC4)ccc(c23)C1=O. The minimum Gasteiger partial charge on any atom is -0.341 e. The van der Waals surface area contributed by atoms with Gasteiger partial charge in [-0.2, -0.15) is 0 Å². The molecule has 0 unspecified atom stereocenters. The first-order valence-electron chi connectivity index (χ1n) is 7.01. The van der Waals surface area contributed by atoms with E-state index in [2.05, 4.69) is 4.99 Å². The summed E-state index contributed by atoms with van der Waals surface area (Å²) in [5, 5.41) is 1.65. The Labute approximate surface area is 127 Å². The third-order valence-electron chi connectivity index (χ3n) is 4.11. The standard InChI is InChI=1S/C17H13N3O2/c1-19-16(21)12-4-2-3-11-14(20-9-7-18-8-10-20)6-5-13(15(11)12)17(19)22/h2-9H,10H2,1H3. The zero-order chi connectivity index (χ0) is 15.3. The number of hydrogen-bond acceptors (Lipinski definition) is 4. The van der Waals surface area contributed by atoms with Gasteiger partial charge in [0.05, 0.1) is 6.54 Å². The summed E-state index contributed by atoms with van der Waals surface area (Å²) in [5.74, 6) is -0.507. The quantitative estimate of drug-likeness (QED) is 0.758. The number of nitrogens with zero attached hydrogens (tertiary/aromatic N) is 3. The Morgan fingerprint density at radius 3 is 2.55 bits per heavy atom. The van der Waals surface area contributed by atoms with E-state index in [-0.39, 0.29) is 11.8 Å². The largest absolute Gasteiger partial charge is 0.341 e. The van der Waals surface area contributed by atoms with Gasteiger partial charge in [0, 0.05) is 53.2 Å². The summed E-state index contributed by atoms with van der Waals surface area (Å²) in [5.41, 5.74) is 2.12. The summed E-state index contributed by atoms with van der Waals surface area (Å²) < 4.78 is 0. The molecule has 0 bridgehead atoms. The molecule has 0 fully saturated rings. The lowest BCUT2D eigenvalue weighted by atomic mass is 9.93. The van der Waals surface area contributed by atoms with E-state index in [1.165, 1.54) is 11.9 Å². The summed E-state index contributed by atoms with van der Waals surface area (Å²) in [4.78, 5) is 32.0. The molecule has 5 nitrogen and oxygen atoms in total. The monoisotopic (exact) mass is 291 g/mol. The fraction of sp³-hybridized carbons (Fsp3) is 0.118. The van der Waals surface area contributed by atoms with Gasteiger partial charge in [0.25, 0.3) is 11.8 Å². The van der Waals surface area contributed by atoms with Gasteiger partial charge in [-0.25, -0.2) is 0 Å². The molecule has 22 heavy (non-hydrogen) atoms. The zero-order valence-corrected chi connectivity index (χ0v) is 12.0. The molecule has 0 atom stereocenters. The molecule has 2 aromatic rings. The van der Waals surface area contributed by atoms with Gasteiger partial charge in [0.15, 0.2) is 0 Å². The van der Waals surface area contributed by atoms with E-state index in [1.807, 2.05) is 35.5 Å². The maximum absolute atomic E-state index is 12.4. The first-order chi connectivity index (χ1) is 10.7. The van der Waals surface area contributed by atoms with Crippen LogP contribution in [0.3, 0.4) is 0 Å². The van der Waals surface area contributed by atoms with Crippen molar-refractivity contribution in [3.05, 3.63) is 53.9 Å². The third-order valence-corrected chi connectivity index (χ3v) is 4.11. The molecule has 0 aromatic heterocycles. The van der Waals surface area contributed by atoms with Crippen LogP contribution in [-0.2, 0) is 0 Å². The van der Waals surface area contributed by atoms with Crippen molar-refractivity contribution in [1.82, 2.24) is 4.90 Å². The first kappa shape index (κ1) is 12.8. The molecule has 0 radical (unpaired) electrons. The van der Waals surface area contributed by atoms with Gasteiger partial charge in [0.1, 0.15) is 0 Å². The van der Waals surface area contributed by atoms with Crippen molar-refractivity contribution in [2.45, 2.75) is 0 Å². The Balaban J connectivity index is 2.02. The van der Waals surface area contributed by atoms with Crippen LogP contribution in [0.25, 0.3) is 10.8 Å². The van der Waals surface area contributed by atoms with Crippen molar-refractivity contribution in [1.29, 1.82) is 0 Å². The lowest BCUT2D eigenvalue weighted by Crippen LogP contribution is -2.37. The van der Waals surface area contributed by atoms with E-state index in [0.29, 0.717) is 17.7 Å². The minimum absolute atomic E-state index is 0.254. The molecule has 0 N–H and O–H groups in total. The third kappa shape index (κ3) is 1.62. The summed E-state index contributed by atoms with van der Waals surface area (Å²) in [7, 11) is 1.52. The van der Waals surface area contributed by atoms with Crippen LogP contribution in [0.5, 0.6) is 0 Å². The van der Waals surface area contributed by atoms with Gasteiger partial charge >= 0.3 is 0 Å². The second-order valence-electron chi connectivity index (χ2n) is 5.31. The van der Waals surface area contributed by atoms with Gasteiger partial charge < -0.3 is 4.90 Å². The minimum atomic E-state index is -0.254. The Hall–Kier alpha value is -2.95. The van der Waals surface area contributed by atoms with Crippen molar-refractivity contribution in [2.75, 3.05) is 18.5 Å². The number of carbonyl (C=O) groups excluding carboxylic acids is 2. The highest BCUT2D eigenvalue weighted by Crippen LogP contribution is 2.35. The van der Waals surface area contributed by atoms with Gasteiger partial charge in [-0.1, -0.05) is 12.1 Å². The van der Waals surface area contributed by atoms with E-state index in [0.717, 1.165) is 16.5 Å². The number of amides is 2. The number of rotatable bonds is 1. The van der Waals surface area contributed by atoms with E-state index in [1.54, 1.807) is 18.3 Å². The maximum atomic E-state index is 12.4. The van der Waals surface area contributed by atoms with Crippen LogP contribution in [0.4, 0.5) is 5.69 Å². The highest BCUT2D eigenvalue weighted by atomic mass is 16.2. The topological polar surface area (TPSA) is 53.0 Å². The van der Waals surface area contributed by atoms with Crippen LogP contribution in [0.1, 0.15) is 20.7 Å². The summed E-state index contributed by atoms with van der Waals surface area (Å²) in [6.07, 6.45) is 5.44. The zero-order valence-electron chi connectivity index (χ0n) is 12.0. The van der Waals surface area contributed by atoms with Crippen molar-refractivity contribution in [3.63, 3.8) is 0 Å². The molecule has 0 saturated heterocycles. The van der Waals surface area contributed by atoms with Crippen LogP contribution in [0.2, 0.25) is 0 Å². The van der Waals surface area contributed by atoms with Crippen molar-refractivity contribution in [2.24, 2.45) is 4.99 Å². The lowest BCUT2D eigenvalue weighted by molar-refractivity contribution is 0.0651. The molecule has 5 heteroatoms. The molecule has 0 spiro atoms. The highest BCUT2D eigenvalue weighted by Gasteiger charge is 2.31. The van der Waals surface area contributed by atoms with E-state index < -0.39 is 0 Å². The smallest absolute Gasteiger partial charge is 0.261 e. The van der Waals surface area contributed by atoms with Gasteiger partial charge in [-0.15, -0.1) is 0 Å². The van der Waals surface area contributed by atoms with Crippen molar-refractivity contribution in [3.8, 4) is 0 Å². The first-order valence-corrected chi connectivity index (χ1v) is 7.01. The predicted molar refractivity (Wildman–Crippen MR) is 85.4 cm³/mol. The number of aliphatic imine (C=N–C) groups is 1. The molecule has 2 aromatic carbocycles. The van der Waals surface area contributed by atoms with Gasteiger partial charge in [-0.05, 0) is 18.2 Å². The predicted octanol–water partition coefficient (Wildman–Crippen LogP) is 2.43. The highest BCUT2D eigenvalue weighted by molar-refractivity contribution is 6.26. The molecule has 108 valence electrons. The fourth-order valence-electron chi connectivity index (χ4n) is 3.01. The van der Waals surface area contributed by atoms with Crippen LogP contribution in [0.15, 0.2) is 47.7 Å². The van der Waals surface area contributed by atoms with Gasteiger partial charge in [0.2, 0.25) is 0 Å². The summed E-state index contributed by atoms with van der Waals surface area (Å²) >= 11 is 0. The fourth-order valence-corrected chi connectivity index (χ4v) is 3.01. The van der Waals surface area contributed by atoms with E-state index in [9.17, 15) is 9.59 Å². The second kappa shape index (κ2) is 4.53. The number of carbonyl (C=O) groups is 2. The van der Waals surface area contributed by atoms with Crippen molar-refractivity contribution >= 4 is 34.5 Å². The molecule has 2 amide bonds. The maximum Gasteiger partial charge on any atom is 0.261 e. The number of benzene rings is 2. The molecular formula is C17H13N3O2. The average Bonchev–Trinajstić information content (AvgIpc) is 2.58. The Kier molecular flexibility index (Phi) is 2.63. The molecule has 0 aliphatic carbocycles. The normalized spacial score (nSPS) is 16.8. The number of imide groups is 1. The van der Waals surface area contributed by atoms with Crippen LogP contribution >= 0.6 is 0 Å². The summed E-state index contributed by atoms with van der Waals surface area (Å²) in [6.45, 7) is 0.664. The van der Waals surface area contributed by atoms with Crippen LogP contribution in [-0.4, -0.2) is 36.5 Å². The van der Waals surface area contributed by atoms with E-state index in [4.69, 9.17) is 0 Å².